The third-order valence-electron chi connectivity index (χ3n) is 8.81. The highest BCUT2D eigenvalue weighted by atomic mass is 16.4. The van der Waals surface area contributed by atoms with Crippen molar-refractivity contribution in [3.63, 3.8) is 0 Å². The van der Waals surface area contributed by atoms with Gasteiger partial charge in [0.25, 0.3) is 0 Å². The number of nitrogens with one attached hydrogen (secondary N) is 8. The molecular formula is C36H63N15O13. The van der Waals surface area contributed by atoms with Gasteiger partial charge in [0.2, 0.25) is 53.2 Å². The van der Waals surface area contributed by atoms with Crippen LogP contribution in [0.25, 0.3) is 0 Å². The van der Waals surface area contributed by atoms with Gasteiger partial charge in [-0.15, -0.1) is 0 Å². The molecule has 9 amide bonds. The third-order valence-corrected chi connectivity index (χ3v) is 8.81. The van der Waals surface area contributed by atoms with Gasteiger partial charge >= 0.3 is 11.9 Å². The van der Waals surface area contributed by atoms with E-state index in [9.17, 15) is 57.8 Å². The Kier molecular flexibility index (Phi) is 25.8. The van der Waals surface area contributed by atoms with Gasteiger partial charge in [-0.25, -0.2) is 0 Å². The van der Waals surface area contributed by atoms with E-state index in [0.717, 1.165) is 6.92 Å². The molecule has 0 aromatic heterocycles. The molecule has 0 saturated heterocycles. The van der Waals surface area contributed by atoms with Crippen molar-refractivity contribution in [2.45, 2.75) is 134 Å². The van der Waals surface area contributed by atoms with Crippen molar-refractivity contribution in [2.24, 2.45) is 38.7 Å². The highest BCUT2D eigenvalue weighted by Crippen LogP contribution is 2.06. The second-order valence-electron chi connectivity index (χ2n) is 14.5. The van der Waals surface area contributed by atoms with E-state index >= 15 is 0 Å². The number of carbonyl (C=O) groups is 11. The van der Waals surface area contributed by atoms with Gasteiger partial charge in [-0.05, 0) is 66.2 Å². The lowest BCUT2D eigenvalue weighted by molar-refractivity contribution is -0.139. The van der Waals surface area contributed by atoms with Crippen LogP contribution in [0.2, 0.25) is 0 Å². The number of carboxylic acid groups (broad SMARTS) is 2. The summed E-state index contributed by atoms with van der Waals surface area (Å²) >= 11 is 0. The predicted octanol–water partition coefficient (Wildman–Crippen LogP) is -6.71. The van der Waals surface area contributed by atoms with E-state index in [1.807, 2.05) is 0 Å². The molecule has 0 saturated carbocycles. The number of nitrogens with two attached hydrogens (primary N) is 5. The Balaban J connectivity index is 5.97. The van der Waals surface area contributed by atoms with Crippen molar-refractivity contribution in [1.29, 1.82) is 0 Å². The van der Waals surface area contributed by atoms with Crippen molar-refractivity contribution in [3.05, 3.63) is 0 Å². The first-order chi connectivity index (χ1) is 29.7. The van der Waals surface area contributed by atoms with Gasteiger partial charge in [-0.3, -0.25) is 62.7 Å². The van der Waals surface area contributed by atoms with E-state index in [1.54, 1.807) is 0 Å². The summed E-state index contributed by atoms with van der Waals surface area (Å²) in [6.45, 7) is 6.34. The molecule has 0 aliphatic rings. The number of primary amides is 1. The fraction of sp³-hybridized carbons (Fsp3) is 0.639. The first kappa shape index (κ1) is 56.7. The molecule has 8 atom stereocenters. The first-order valence-electron chi connectivity index (χ1n) is 20.0. The zero-order valence-corrected chi connectivity index (χ0v) is 36.4. The lowest BCUT2D eigenvalue weighted by Crippen LogP contribution is -2.59. The minimum Gasteiger partial charge on any atom is -0.481 e. The first-order valence-corrected chi connectivity index (χ1v) is 20.0. The van der Waals surface area contributed by atoms with Crippen LogP contribution in [0.4, 0.5) is 0 Å². The molecule has 0 aromatic rings. The average Bonchev–Trinajstić information content (AvgIpc) is 3.18. The molecule has 0 aliphatic heterocycles. The second kappa shape index (κ2) is 29.1. The molecule has 0 rings (SSSR count). The number of hydrogen-bond acceptors (Lipinski definition) is 13. The molecule has 28 nitrogen and oxygen atoms in total. The van der Waals surface area contributed by atoms with Crippen LogP contribution in [0.1, 0.15) is 86.0 Å². The number of hydrogen-bond donors (Lipinski definition) is 15. The van der Waals surface area contributed by atoms with Gasteiger partial charge in [-0.2, -0.15) is 0 Å². The molecule has 20 N–H and O–H groups in total. The van der Waals surface area contributed by atoms with Crippen LogP contribution in [-0.4, -0.2) is 149 Å². The minimum atomic E-state index is -1.60. The summed E-state index contributed by atoms with van der Waals surface area (Å²) in [7, 11) is 0. The number of carbonyl (C=O) groups excluding carboxylic acids is 9. The van der Waals surface area contributed by atoms with Crippen molar-refractivity contribution in [1.82, 2.24) is 42.5 Å². The Hall–Kier alpha value is -7.29. The van der Waals surface area contributed by atoms with Crippen molar-refractivity contribution >= 4 is 77.0 Å². The molecule has 0 radical (unpaired) electrons. The van der Waals surface area contributed by atoms with E-state index in [0.29, 0.717) is 0 Å². The molecule has 0 bridgehead atoms. The normalized spacial score (nSPS) is 14.3. The SMILES string of the molecule is CC(=O)N[C@@H](C)C(=O)N[C@@H](CCC(=O)O)C(=O)N[C@@H](C)C(=O)N[C@@H](CCC(=O)O)C(=O)N[C@@H](C)C(=O)N[C@@H](CCCN=C(N)N)C(=O)N[C@@H](C)C(=O)N[C@@H](CCCN=C(N)N)C(N)=O. The summed E-state index contributed by atoms with van der Waals surface area (Å²) in [5, 5.41) is 37.3. The van der Waals surface area contributed by atoms with Crippen molar-refractivity contribution in [3.8, 4) is 0 Å². The largest absolute Gasteiger partial charge is 0.481 e. The van der Waals surface area contributed by atoms with Gasteiger partial charge < -0.3 is 81.4 Å². The summed E-state index contributed by atoms with van der Waals surface area (Å²) in [5.41, 5.74) is 26.7. The van der Waals surface area contributed by atoms with Gasteiger partial charge in [-0.1, -0.05) is 0 Å². The highest BCUT2D eigenvalue weighted by molar-refractivity contribution is 5.98. The minimum absolute atomic E-state index is 0.0315. The molecule has 0 aromatic carbocycles. The maximum atomic E-state index is 13.4. The van der Waals surface area contributed by atoms with Crippen molar-refractivity contribution < 1.29 is 63.0 Å². The van der Waals surface area contributed by atoms with E-state index in [2.05, 4.69) is 52.5 Å². The number of guanidine groups is 2. The molecular weight excluding hydrogens is 850 g/mol. The summed E-state index contributed by atoms with van der Waals surface area (Å²) in [6.07, 6.45) is -1.72. The molecule has 0 fully saturated rings. The highest BCUT2D eigenvalue weighted by Gasteiger charge is 2.32. The monoisotopic (exact) mass is 913 g/mol. The number of carboxylic acids is 2. The van der Waals surface area contributed by atoms with Crippen LogP contribution in [-0.2, 0) is 52.7 Å². The fourth-order valence-corrected chi connectivity index (χ4v) is 5.33. The Morgan fingerprint density at radius 1 is 0.422 bits per heavy atom. The molecule has 64 heavy (non-hydrogen) atoms. The number of rotatable bonds is 30. The molecule has 0 aliphatic carbocycles. The zero-order chi connectivity index (χ0) is 49.3. The van der Waals surface area contributed by atoms with Crippen LogP contribution in [0, 0.1) is 0 Å². The summed E-state index contributed by atoms with van der Waals surface area (Å²) in [6, 6.07) is -10.8. The number of amides is 9. The van der Waals surface area contributed by atoms with Crippen LogP contribution in [0.3, 0.4) is 0 Å². The maximum Gasteiger partial charge on any atom is 0.303 e. The van der Waals surface area contributed by atoms with Gasteiger partial charge in [0.15, 0.2) is 11.9 Å². The van der Waals surface area contributed by atoms with Crippen LogP contribution in [0.15, 0.2) is 9.98 Å². The Bertz CT molecular complexity index is 1750. The summed E-state index contributed by atoms with van der Waals surface area (Å²) in [5.74, 6) is -11.0. The topological polar surface area (TPSA) is 479 Å². The summed E-state index contributed by atoms with van der Waals surface area (Å²) < 4.78 is 0. The number of aliphatic carboxylic acids is 2. The van der Waals surface area contributed by atoms with Gasteiger partial charge in [0, 0.05) is 32.9 Å². The molecule has 0 spiro atoms. The fourth-order valence-electron chi connectivity index (χ4n) is 5.33. The molecule has 0 unspecified atom stereocenters. The summed E-state index contributed by atoms with van der Waals surface area (Å²) in [4.78, 5) is 146. The molecule has 0 heterocycles. The van der Waals surface area contributed by atoms with Crippen molar-refractivity contribution in [2.75, 3.05) is 13.1 Å². The Morgan fingerprint density at radius 3 is 0.984 bits per heavy atom. The standard InChI is InChI=1S/C36H63N15O13/c1-16(44-20(5)52)28(58)50-23(10-12-25(53)54)33(63)47-19(4)31(61)51-24(11-13-26(55)56)34(64)46-18(3)30(60)49-22(9-7-15-43-36(40)41)32(62)45-17(2)29(59)48-21(27(37)57)8-6-14-42-35(38)39/h16-19,21-24H,6-15H2,1-5H3,(H2,37,57)(H,44,52)(H,45,62)(H,46,64)(H,47,63)(H,48,59)(H,49,60)(H,50,58)(H,51,61)(H,53,54)(H,55,56)(H4,38,39,42)(H4,40,41,43)/t16-,17-,18-,19-,21-,22-,23-,24-/m0/s1. The van der Waals surface area contributed by atoms with Gasteiger partial charge in [0.05, 0.1) is 0 Å². The number of nitrogens with zero attached hydrogens (tertiary/aromatic N) is 2. The van der Waals surface area contributed by atoms with Crippen LogP contribution < -0.4 is 71.2 Å². The van der Waals surface area contributed by atoms with Crippen LogP contribution >= 0.6 is 0 Å². The van der Waals surface area contributed by atoms with Crippen LogP contribution in [0.5, 0.6) is 0 Å². The quantitative estimate of drug-likeness (QED) is 0.0181. The van der Waals surface area contributed by atoms with E-state index in [-0.39, 0.29) is 50.7 Å². The second-order valence-corrected chi connectivity index (χ2v) is 14.5. The average molecular weight is 914 g/mol. The smallest absolute Gasteiger partial charge is 0.303 e. The maximum absolute atomic E-state index is 13.4. The Labute approximate surface area is 368 Å². The molecule has 360 valence electrons. The lowest BCUT2D eigenvalue weighted by Gasteiger charge is -2.26. The van der Waals surface area contributed by atoms with E-state index < -0.39 is 139 Å². The number of aliphatic imine (C=N–C) groups is 2. The Morgan fingerprint density at radius 2 is 0.703 bits per heavy atom. The van der Waals surface area contributed by atoms with E-state index in [4.69, 9.17) is 33.8 Å². The van der Waals surface area contributed by atoms with E-state index in [1.165, 1.54) is 27.7 Å². The van der Waals surface area contributed by atoms with Gasteiger partial charge in [0.1, 0.15) is 48.3 Å². The third kappa shape index (κ3) is 24.2. The zero-order valence-electron chi connectivity index (χ0n) is 36.4. The molecule has 28 heteroatoms. The predicted molar refractivity (Wildman–Crippen MR) is 227 cm³/mol. The lowest BCUT2D eigenvalue weighted by atomic mass is 10.1.